The minimum atomic E-state index is 0.398. The number of para-hydroxylation sites is 1. The van der Waals surface area contributed by atoms with Crippen LogP contribution in [0.4, 0.5) is 0 Å². The lowest BCUT2D eigenvalue weighted by Gasteiger charge is -2.11. The van der Waals surface area contributed by atoms with Crippen molar-refractivity contribution in [3.63, 3.8) is 0 Å². The molecular formula is C12H14N4. The van der Waals surface area contributed by atoms with Crippen LogP contribution in [0, 0.1) is 0 Å². The van der Waals surface area contributed by atoms with E-state index in [1.165, 1.54) is 12.8 Å². The van der Waals surface area contributed by atoms with Crippen molar-refractivity contribution < 1.29 is 0 Å². The van der Waals surface area contributed by atoms with Crippen LogP contribution in [0.15, 0.2) is 36.5 Å². The molecule has 1 atom stereocenters. The van der Waals surface area contributed by atoms with Crippen molar-refractivity contribution in [1.82, 2.24) is 20.3 Å². The Morgan fingerprint density at radius 3 is 2.88 bits per heavy atom. The average molecular weight is 214 g/mol. The van der Waals surface area contributed by atoms with Gasteiger partial charge in [-0.25, -0.2) is 4.68 Å². The number of hydrogen-bond donors (Lipinski definition) is 1. The molecule has 0 radical (unpaired) electrons. The van der Waals surface area contributed by atoms with Crippen LogP contribution in [0.3, 0.4) is 0 Å². The summed E-state index contributed by atoms with van der Waals surface area (Å²) in [6.07, 6.45) is 4.25. The Hall–Kier alpha value is -1.68. The molecule has 0 amide bonds. The third-order valence-electron chi connectivity index (χ3n) is 2.99. The molecule has 1 unspecified atom stereocenters. The molecule has 1 saturated heterocycles. The van der Waals surface area contributed by atoms with Crippen molar-refractivity contribution >= 4 is 0 Å². The average Bonchev–Trinajstić information content (AvgIpc) is 3.01. The van der Waals surface area contributed by atoms with Gasteiger partial charge in [0.15, 0.2) is 0 Å². The molecule has 0 aliphatic carbocycles. The molecule has 1 N–H and O–H groups in total. The molecule has 82 valence electrons. The van der Waals surface area contributed by atoms with Gasteiger partial charge >= 0.3 is 0 Å². The van der Waals surface area contributed by atoms with E-state index in [0.29, 0.717) is 6.04 Å². The third-order valence-corrected chi connectivity index (χ3v) is 2.99. The standard InChI is InChI=1S/C12H14N4/c1-2-5-10(6-3-1)16-12(9-14-15-16)11-7-4-8-13-11/h1-3,5-6,9,11,13H,4,7-8H2. The Morgan fingerprint density at radius 1 is 1.25 bits per heavy atom. The molecule has 2 heterocycles. The van der Waals surface area contributed by atoms with Gasteiger partial charge in [0.25, 0.3) is 0 Å². The highest BCUT2D eigenvalue weighted by Gasteiger charge is 2.20. The van der Waals surface area contributed by atoms with E-state index in [1.54, 1.807) is 0 Å². The van der Waals surface area contributed by atoms with Crippen LogP contribution in [0.25, 0.3) is 5.69 Å². The predicted octanol–water partition coefficient (Wildman–Crippen LogP) is 1.69. The summed E-state index contributed by atoms with van der Waals surface area (Å²) in [4.78, 5) is 0. The lowest BCUT2D eigenvalue weighted by Crippen LogP contribution is -2.16. The van der Waals surface area contributed by atoms with Crippen LogP contribution in [0.2, 0.25) is 0 Å². The number of hydrogen-bond acceptors (Lipinski definition) is 3. The Bertz CT molecular complexity index is 457. The largest absolute Gasteiger partial charge is 0.309 e. The highest BCUT2D eigenvalue weighted by molar-refractivity contribution is 5.32. The normalized spacial score (nSPS) is 20.1. The summed E-state index contributed by atoms with van der Waals surface area (Å²) in [5, 5.41) is 11.6. The topological polar surface area (TPSA) is 42.7 Å². The van der Waals surface area contributed by atoms with Crippen LogP contribution >= 0.6 is 0 Å². The Morgan fingerprint density at radius 2 is 2.12 bits per heavy atom. The van der Waals surface area contributed by atoms with Crippen LogP contribution < -0.4 is 5.32 Å². The molecule has 0 spiro atoms. The molecule has 3 rings (SSSR count). The summed E-state index contributed by atoms with van der Waals surface area (Å²) >= 11 is 0. The van der Waals surface area contributed by atoms with Crippen molar-refractivity contribution in [1.29, 1.82) is 0 Å². The molecule has 16 heavy (non-hydrogen) atoms. The highest BCUT2D eigenvalue weighted by Crippen LogP contribution is 2.23. The number of aromatic nitrogens is 3. The molecule has 1 aromatic heterocycles. The van der Waals surface area contributed by atoms with Gasteiger partial charge in [-0.3, -0.25) is 0 Å². The van der Waals surface area contributed by atoms with E-state index < -0.39 is 0 Å². The summed E-state index contributed by atoms with van der Waals surface area (Å²) in [5.41, 5.74) is 2.23. The van der Waals surface area contributed by atoms with E-state index in [-0.39, 0.29) is 0 Å². The maximum absolute atomic E-state index is 4.16. The summed E-state index contributed by atoms with van der Waals surface area (Å²) < 4.78 is 1.92. The minimum Gasteiger partial charge on any atom is -0.309 e. The van der Waals surface area contributed by atoms with Crippen molar-refractivity contribution in [2.75, 3.05) is 6.54 Å². The molecule has 1 aromatic carbocycles. The Labute approximate surface area is 94.3 Å². The molecule has 1 aliphatic rings. The van der Waals surface area contributed by atoms with Crippen molar-refractivity contribution in [3.05, 3.63) is 42.2 Å². The van der Waals surface area contributed by atoms with Crippen LogP contribution in [0.5, 0.6) is 0 Å². The highest BCUT2D eigenvalue weighted by atomic mass is 15.4. The molecule has 1 aliphatic heterocycles. The zero-order valence-electron chi connectivity index (χ0n) is 9.00. The zero-order chi connectivity index (χ0) is 10.8. The third kappa shape index (κ3) is 1.61. The van der Waals surface area contributed by atoms with Gasteiger partial charge in [-0.15, -0.1) is 5.10 Å². The predicted molar refractivity (Wildman–Crippen MR) is 61.3 cm³/mol. The first-order chi connectivity index (χ1) is 7.95. The number of nitrogens with one attached hydrogen (secondary N) is 1. The number of benzene rings is 1. The summed E-state index contributed by atoms with van der Waals surface area (Å²) in [6, 6.07) is 10.5. The second kappa shape index (κ2) is 4.06. The Kier molecular flexibility index (Phi) is 2.42. The van der Waals surface area contributed by atoms with E-state index in [4.69, 9.17) is 0 Å². The molecule has 1 fully saturated rings. The molecule has 2 aromatic rings. The van der Waals surface area contributed by atoms with Gasteiger partial charge in [-0.2, -0.15) is 0 Å². The zero-order valence-corrected chi connectivity index (χ0v) is 9.00. The molecule has 4 nitrogen and oxygen atoms in total. The van der Waals surface area contributed by atoms with Crippen molar-refractivity contribution in [3.8, 4) is 5.69 Å². The SMILES string of the molecule is c1ccc(-n2nncc2C2CCCN2)cc1. The smallest absolute Gasteiger partial charge is 0.0815 e. The second-order valence-electron chi connectivity index (χ2n) is 4.06. The van der Waals surface area contributed by atoms with Crippen LogP contribution in [0.1, 0.15) is 24.6 Å². The van der Waals surface area contributed by atoms with Gasteiger partial charge < -0.3 is 5.32 Å². The van der Waals surface area contributed by atoms with Gasteiger partial charge in [0.05, 0.1) is 23.6 Å². The maximum Gasteiger partial charge on any atom is 0.0815 e. The van der Waals surface area contributed by atoms with Gasteiger partial charge in [0, 0.05) is 0 Å². The summed E-state index contributed by atoms with van der Waals surface area (Å²) in [6.45, 7) is 1.09. The Balaban J connectivity index is 1.99. The maximum atomic E-state index is 4.16. The summed E-state index contributed by atoms with van der Waals surface area (Å²) in [5.74, 6) is 0. The minimum absolute atomic E-state index is 0.398. The fraction of sp³-hybridized carbons (Fsp3) is 0.333. The fourth-order valence-corrected chi connectivity index (χ4v) is 2.19. The molecule has 0 bridgehead atoms. The van der Waals surface area contributed by atoms with Crippen molar-refractivity contribution in [2.45, 2.75) is 18.9 Å². The van der Waals surface area contributed by atoms with Gasteiger partial charge in [0.2, 0.25) is 0 Å². The van der Waals surface area contributed by atoms with Gasteiger partial charge in [0.1, 0.15) is 0 Å². The lowest BCUT2D eigenvalue weighted by atomic mass is 10.1. The summed E-state index contributed by atoms with van der Waals surface area (Å²) in [7, 11) is 0. The quantitative estimate of drug-likeness (QED) is 0.827. The molecule has 0 saturated carbocycles. The van der Waals surface area contributed by atoms with Crippen LogP contribution in [-0.2, 0) is 0 Å². The molecular weight excluding hydrogens is 200 g/mol. The van der Waals surface area contributed by atoms with E-state index in [1.807, 2.05) is 41.2 Å². The van der Waals surface area contributed by atoms with Gasteiger partial charge in [-0.05, 0) is 31.5 Å². The van der Waals surface area contributed by atoms with E-state index in [0.717, 1.165) is 17.9 Å². The first-order valence-corrected chi connectivity index (χ1v) is 5.64. The second-order valence-corrected chi connectivity index (χ2v) is 4.06. The number of nitrogens with zero attached hydrogens (tertiary/aromatic N) is 3. The van der Waals surface area contributed by atoms with E-state index in [2.05, 4.69) is 15.6 Å². The van der Waals surface area contributed by atoms with E-state index in [9.17, 15) is 0 Å². The molecule has 4 heteroatoms. The first kappa shape index (κ1) is 9.54. The first-order valence-electron chi connectivity index (χ1n) is 5.64. The lowest BCUT2D eigenvalue weighted by molar-refractivity contribution is 0.597. The monoisotopic (exact) mass is 214 g/mol. The van der Waals surface area contributed by atoms with E-state index >= 15 is 0 Å². The fourth-order valence-electron chi connectivity index (χ4n) is 2.19. The van der Waals surface area contributed by atoms with Crippen LogP contribution in [-0.4, -0.2) is 21.5 Å². The van der Waals surface area contributed by atoms with Gasteiger partial charge in [-0.1, -0.05) is 23.4 Å². The van der Waals surface area contributed by atoms with Crippen molar-refractivity contribution in [2.24, 2.45) is 0 Å². The number of rotatable bonds is 2.